The normalized spacial score (nSPS) is 11.8. The molecule has 0 aliphatic carbocycles. The first-order valence-electron chi connectivity index (χ1n) is 7.50. The maximum atomic E-state index is 10.1. The van der Waals surface area contributed by atoms with Gasteiger partial charge in [-0.2, -0.15) is 0 Å². The van der Waals surface area contributed by atoms with E-state index in [4.69, 9.17) is 0 Å². The fraction of sp³-hybridized carbons (Fsp3) is 0.211. The largest absolute Gasteiger partial charge is 0.494 e. The topological polar surface area (TPSA) is 48.4 Å². The maximum absolute atomic E-state index is 10.1. The third kappa shape index (κ3) is 2.75. The van der Waals surface area contributed by atoms with Crippen molar-refractivity contribution in [3.05, 3.63) is 59.2 Å². The Morgan fingerprint density at radius 1 is 1.09 bits per heavy atom. The zero-order valence-electron chi connectivity index (χ0n) is 13.1. The second kappa shape index (κ2) is 5.68. The number of aromatic amines is 1. The molecule has 22 heavy (non-hydrogen) atoms. The standard InChI is InChI=1S/C19H20N2O/c1-12(2)14-5-7-15(8-6-14)20-11-17-16-9-4-13(3)10-18(16)21-19(17)22/h4-12,21-22H,1-3H3. The molecule has 2 aromatic carbocycles. The summed E-state index contributed by atoms with van der Waals surface area (Å²) in [4.78, 5) is 7.47. The molecule has 0 saturated carbocycles. The summed E-state index contributed by atoms with van der Waals surface area (Å²) >= 11 is 0. The Kier molecular flexibility index (Phi) is 3.72. The minimum absolute atomic E-state index is 0.156. The lowest BCUT2D eigenvalue weighted by Crippen LogP contribution is -1.85. The third-order valence-electron chi connectivity index (χ3n) is 3.88. The summed E-state index contributed by atoms with van der Waals surface area (Å²) in [7, 11) is 0. The molecule has 1 heterocycles. The quantitative estimate of drug-likeness (QED) is 0.651. The number of aromatic hydroxyl groups is 1. The van der Waals surface area contributed by atoms with E-state index in [0.717, 1.165) is 27.7 Å². The van der Waals surface area contributed by atoms with Gasteiger partial charge in [-0.1, -0.05) is 38.1 Å². The summed E-state index contributed by atoms with van der Waals surface area (Å²) in [5.74, 6) is 0.669. The fourth-order valence-corrected chi connectivity index (χ4v) is 2.53. The molecule has 0 bridgehead atoms. The van der Waals surface area contributed by atoms with Crippen molar-refractivity contribution in [3.8, 4) is 5.88 Å². The van der Waals surface area contributed by atoms with Crippen LogP contribution >= 0.6 is 0 Å². The van der Waals surface area contributed by atoms with Gasteiger partial charge in [0.05, 0.1) is 11.3 Å². The Balaban J connectivity index is 1.93. The van der Waals surface area contributed by atoms with Crippen LogP contribution in [-0.2, 0) is 0 Å². The number of nitrogens with zero attached hydrogens (tertiary/aromatic N) is 1. The van der Waals surface area contributed by atoms with E-state index in [0.29, 0.717) is 5.92 Å². The number of nitrogens with one attached hydrogen (secondary N) is 1. The highest BCUT2D eigenvalue weighted by molar-refractivity contribution is 6.02. The van der Waals surface area contributed by atoms with Crippen LogP contribution in [-0.4, -0.2) is 16.3 Å². The van der Waals surface area contributed by atoms with Crippen LogP contribution in [0.4, 0.5) is 5.69 Å². The molecular formula is C19H20N2O. The Bertz CT molecular complexity index is 827. The second-order valence-electron chi connectivity index (χ2n) is 5.94. The third-order valence-corrected chi connectivity index (χ3v) is 3.88. The van der Waals surface area contributed by atoms with Crippen molar-refractivity contribution in [2.75, 3.05) is 0 Å². The van der Waals surface area contributed by atoms with Crippen molar-refractivity contribution in [3.63, 3.8) is 0 Å². The van der Waals surface area contributed by atoms with Gasteiger partial charge in [-0.25, -0.2) is 0 Å². The Labute approximate surface area is 130 Å². The molecule has 1 aromatic heterocycles. The van der Waals surface area contributed by atoms with Gasteiger partial charge in [0.1, 0.15) is 0 Å². The van der Waals surface area contributed by atoms with Crippen molar-refractivity contribution in [1.29, 1.82) is 0 Å². The molecule has 2 N–H and O–H groups in total. The zero-order chi connectivity index (χ0) is 15.7. The molecule has 3 heteroatoms. The van der Waals surface area contributed by atoms with Crippen molar-refractivity contribution in [2.45, 2.75) is 26.7 Å². The van der Waals surface area contributed by atoms with E-state index in [2.05, 4.69) is 36.0 Å². The van der Waals surface area contributed by atoms with Gasteiger partial charge in [0.2, 0.25) is 0 Å². The van der Waals surface area contributed by atoms with E-state index in [-0.39, 0.29) is 5.88 Å². The van der Waals surface area contributed by atoms with Crippen molar-refractivity contribution >= 4 is 22.8 Å². The van der Waals surface area contributed by atoms with E-state index in [1.54, 1.807) is 6.21 Å². The van der Waals surface area contributed by atoms with Crippen LogP contribution in [0.25, 0.3) is 10.9 Å². The number of hydrogen-bond donors (Lipinski definition) is 2. The Hall–Kier alpha value is -2.55. The van der Waals surface area contributed by atoms with Gasteiger partial charge in [0.25, 0.3) is 0 Å². The first kappa shape index (κ1) is 14.4. The highest BCUT2D eigenvalue weighted by atomic mass is 16.3. The van der Waals surface area contributed by atoms with Crippen LogP contribution in [0.3, 0.4) is 0 Å². The summed E-state index contributed by atoms with van der Waals surface area (Å²) in [5, 5.41) is 11.1. The molecule has 0 aliphatic rings. The van der Waals surface area contributed by atoms with E-state index >= 15 is 0 Å². The van der Waals surface area contributed by atoms with Crippen molar-refractivity contribution in [1.82, 2.24) is 4.98 Å². The highest BCUT2D eigenvalue weighted by Crippen LogP contribution is 2.27. The van der Waals surface area contributed by atoms with Crippen LogP contribution < -0.4 is 0 Å². The lowest BCUT2D eigenvalue weighted by atomic mass is 10.0. The number of H-pyrrole nitrogens is 1. The molecule has 3 rings (SSSR count). The van der Waals surface area contributed by atoms with Crippen LogP contribution in [0, 0.1) is 6.92 Å². The van der Waals surface area contributed by atoms with Gasteiger partial charge < -0.3 is 10.1 Å². The molecule has 112 valence electrons. The van der Waals surface area contributed by atoms with Gasteiger partial charge >= 0.3 is 0 Å². The van der Waals surface area contributed by atoms with E-state index in [1.165, 1.54) is 5.56 Å². The molecule has 0 unspecified atom stereocenters. The number of benzene rings is 2. The van der Waals surface area contributed by atoms with E-state index < -0.39 is 0 Å². The second-order valence-corrected chi connectivity index (χ2v) is 5.94. The Morgan fingerprint density at radius 3 is 2.50 bits per heavy atom. The maximum Gasteiger partial charge on any atom is 0.198 e. The smallest absolute Gasteiger partial charge is 0.198 e. The van der Waals surface area contributed by atoms with E-state index in [9.17, 15) is 5.11 Å². The average molecular weight is 292 g/mol. The number of aromatic nitrogens is 1. The molecule has 0 radical (unpaired) electrons. The first-order chi connectivity index (χ1) is 10.5. The summed E-state index contributed by atoms with van der Waals surface area (Å²) < 4.78 is 0. The van der Waals surface area contributed by atoms with Gasteiger partial charge in [0.15, 0.2) is 5.88 Å². The predicted molar refractivity (Wildman–Crippen MR) is 92.5 cm³/mol. The molecule has 0 fully saturated rings. The lowest BCUT2D eigenvalue weighted by Gasteiger charge is -2.04. The minimum Gasteiger partial charge on any atom is -0.494 e. The van der Waals surface area contributed by atoms with Gasteiger partial charge in [0, 0.05) is 17.1 Å². The molecule has 0 atom stereocenters. The Morgan fingerprint density at radius 2 is 1.82 bits per heavy atom. The molecule has 0 saturated heterocycles. The van der Waals surface area contributed by atoms with Gasteiger partial charge in [-0.15, -0.1) is 0 Å². The number of aryl methyl sites for hydroxylation is 1. The number of aliphatic imine (C=N–C) groups is 1. The average Bonchev–Trinajstić information content (AvgIpc) is 2.80. The van der Waals surface area contributed by atoms with Gasteiger partial charge in [-0.3, -0.25) is 4.99 Å². The minimum atomic E-state index is 0.156. The van der Waals surface area contributed by atoms with Crippen molar-refractivity contribution < 1.29 is 5.11 Å². The van der Waals surface area contributed by atoms with Crippen LogP contribution in [0.5, 0.6) is 5.88 Å². The summed E-state index contributed by atoms with van der Waals surface area (Å²) in [5.41, 5.74) is 4.98. The monoisotopic (exact) mass is 292 g/mol. The number of hydrogen-bond acceptors (Lipinski definition) is 2. The first-order valence-corrected chi connectivity index (χ1v) is 7.50. The molecule has 3 nitrogen and oxygen atoms in total. The summed E-state index contributed by atoms with van der Waals surface area (Å²) in [6.45, 7) is 6.37. The summed E-state index contributed by atoms with van der Waals surface area (Å²) in [6.07, 6.45) is 1.72. The molecule has 0 amide bonds. The summed E-state index contributed by atoms with van der Waals surface area (Å²) in [6, 6.07) is 14.2. The lowest BCUT2D eigenvalue weighted by molar-refractivity contribution is 0.457. The zero-order valence-corrected chi connectivity index (χ0v) is 13.1. The van der Waals surface area contributed by atoms with E-state index in [1.807, 2.05) is 37.3 Å². The van der Waals surface area contributed by atoms with Gasteiger partial charge in [-0.05, 0) is 42.2 Å². The predicted octanol–water partition coefficient (Wildman–Crippen LogP) is 5.06. The number of rotatable bonds is 3. The van der Waals surface area contributed by atoms with Crippen LogP contribution in [0.15, 0.2) is 47.5 Å². The molecule has 3 aromatic rings. The van der Waals surface area contributed by atoms with Crippen LogP contribution in [0.2, 0.25) is 0 Å². The number of fused-ring (bicyclic) bond motifs is 1. The SMILES string of the molecule is Cc1ccc2c(C=Nc3ccc(C(C)C)cc3)c(O)[nH]c2c1. The molecule has 0 spiro atoms. The molecular weight excluding hydrogens is 272 g/mol. The highest BCUT2D eigenvalue weighted by Gasteiger charge is 2.08. The molecule has 0 aliphatic heterocycles. The van der Waals surface area contributed by atoms with Crippen molar-refractivity contribution in [2.24, 2.45) is 4.99 Å². The van der Waals surface area contributed by atoms with Crippen LogP contribution in [0.1, 0.15) is 36.5 Å². The fourth-order valence-electron chi connectivity index (χ4n) is 2.53.